The molecule has 1 aliphatic rings. The molecule has 1 unspecified atom stereocenters. The maximum absolute atomic E-state index is 12.3. The van der Waals surface area contributed by atoms with E-state index in [-0.39, 0.29) is 18.6 Å². The molecule has 1 aromatic rings. The van der Waals surface area contributed by atoms with Crippen molar-refractivity contribution in [1.82, 2.24) is 15.5 Å². The number of likely N-dealkylation sites (tertiary alicyclic amines) is 1. The highest BCUT2D eigenvalue weighted by atomic mass is 19.4. The van der Waals surface area contributed by atoms with Crippen LogP contribution in [0.5, 0.6) is 5.75 Å². The van der Waals surface area contributed by atoms with Gasteiger partial charge in [-0.05, 0) is 24.1 Å². The van der Waals surface area contributed by atoms with Crippen LogP contribution in [0.1, 0.15) is 12.0 Å². The van der Waals surface area contributed by atoms with Gasteiger partial charge in [0.2, 0.25) is 0 Å². The Morgan fingerprint density at radius 2 is 2.04 bits per heavy atom. The summed E-state index contributed by atoms with van der Waals surface area (Å²) in [6.45, 7) is -0.0359. The number of alkyl halides is 3. The Kier molecular flexibility index (Phi) is 5.70. The van der Waals surface area contributed by atoms with Gasteiger partial charge >= 0.3 is 12.2 Å². The van der Waals surface area contributed by atoms with Gasteiger partial charge in [-0.2, -0.15) is 13.2 Å². The smallest absolute Gasteiger partial charge is 0.401 e. The van der Waals surface area contributed by atoms with Gasteiger partial charge in [0.05, 0.1) is 13.7 Å². The van der Waals surface area contributed by atoms with E-state index in [4.69, 9.17) is 4.74 Å². The third-order valence-corrected chi connectivity index (χ3v) is 3.62. The van der Waals surface area contributed by atoms with E-state index in [1.807, 2.05) is 12.1 Å². The van der Waals surface area contributed by atoms with Crippen LogP contribution in [0, 0.1) is 0 Å². The lowest BCUT2D eigenvalue weighted by Crippen LogP contribution is -2.43. The zero-order valence-electron chi connectivity index (χ0n) is 12.8. The molecule has 2 amide bonds. The van der Waals surface area contributed by atoms with Crippen molar-refractivity contribution in [3.63, 3.8) is 0 Å². The van der Waals surface area contributed by atoms with Crippen LogP contribution < -0.4 is 15.4 Å². The maximum Gasteiger partial charge on any atom is 0.401 e. The Morgan fingerprint density at radius 1 is 1.35 bits per heavy atom. The lowest BCUT2D eigenvalue weighted by atomic mass is 10.2. The number of carbonyl (C=O) groups excluding carboxylic acids is 1. The van der Waals surface area contributed by atoms with E-state index in [1.165, 1.54) is 4.90 Å². The molecule has 0 saturated carbocycles. The highest BCUT2D eigenvalue weighted by molar-refractivity contribution is 5.74. The molecule has 0 aromatic heterocycles. The summed E-state index contributed by atoms with van der Waals surface area (Å²) in [6, 6.07) is 6.62. The third-order valence-electron chi connectivity index (χ3n) is 3.62. The van der Waals surface area contributed by atoms with Crippen LogP contribution in [0.3, 0.4) is 0 Å². The van der Waals surface area contributed by atoms with Crippen molar-refractivity contribution in [3.05, 3.63) is 29.8 Å². The number of benzene rings is 1. The zero-order chi connectivity index (χ0) is 16.9. The largest absolute Gasteiger partial charge is 0.497 e. The number of methoxy groups -OCH3 is 1. The second-order valence-corrected chi connectivity index (χ2v) is 5.51. The van der Waals surface area contributed by atoms with E-state index in [1.54, 1.807) is 19.2 Å². The number of rotatable bonds is 5. The van der Waals surface area contributed by atoms with Crippen molar-refractivity contribution in [2.75, 3.05) is 26.7 Å². The van der Waals surface area contributed by atoms with Crippen LogP contribution in [-0.4, -0.2) is 49.9 Å². The molecule has 1 fully saturated rings. The topological polar surface area (TPSA) is 53.6 Å². The van der Waals surface area contributed by atoms with Crippen molar-refractivity contribution in [3.8, 4) is 5.75 Å². The Hall–Kier alpha value is -1.96. The molecule has 2 rings (SSSR count). The predicted molar refractivity (Wildman–Crippen MR) is 79.3 cm³/mol. The van der Waals surface area contributed by atoms with Gasteiger partial charge in [0.25, 0.3) is 0 Å². The molecule has 1 aromatic carbocycles. The number of carbonyl (C=O) groups is 1. The fourth-order valence-corrected chi connectivity index (χ4v) is 2.51. The second-order valence-electron chi connectivity index (χ2n) is 5.51. The minimum absolute atomic E-state index is 0.218. The summed E-state index contributed by atoms with van der Waals surface area (Å²) < 4.78 is 42.0. The van der Waals surface area contributed by atoms with E-state index < -0.39 is 12.7 Å². The summed E-state index contributed by atoms with van der Waals surface area (Å²) in [5.74, 6) is 0.730. The first-order valence-corrected chi connectivity index (χ1v) is 7.32. The average molecular weight is 331 g/mol. The molecule has 1 saturated heterocycles. The second kappa shape index (κ2) is 7.54. The number of nitrogens with zero attached hydrogens (tertiary/aromatic N) is 1. The SMILES string of the molecule is COc1ccc(CNC(=O)NC2CCN(CC(F)(F)F)C2)cc1. The maximum atomic E-state index is 12.3. The number of nitrogens with one attached hydrogen (secondary N) is 2. The van der Waals surface area contributed by atoms with E-state index in [0.717, 1.165) is 11.3 Å². The van der Waals surface area contributed by atoms with Crippen LogP contribution in [0.15, 0.2) is 24.3 Å². The van der Waals surface area contributed by atoms with Gasteiger partial charge in [-0.15, -0.1) is 0 Å². The van der Waals surface area contributed by atoms with Gasteiger partial charge in [0.1, 0.15) is 5.75 Å². The molecule has 5 nitrogen and oxygen atoms in total. The van der Waals surface area contributed by atoms with E-state index >= 15 is 0 Å². The molecule has 0 spiro atoms. The van der Waals surface area contributed by atoms with Crippen LogP contribution in [-0.2, 0) is 6.54 Å². The van der Waals surface area contributed by atoms with E-state index in [0.29, 0.717) is 19.5 Å². The van der Waals surface area contributed by atoms with Crippen LogP contribution in [0.4, 0.5) is 18.0 Å². The minimum Gasteiger partial charge on any atom is -0.497 e. The molecule has 23 heavy (non-hydrogen) atoms. The number of hydrogen-bond donors (Lipinski definition) is 2. The van der Waals surface area contributed by atoms with Crippen molar-refractivity contribution < 1.29 is 22.7 Å². The Morgan fingerprint density at radius 3 is 2.65 bits per heavy atom. The molecule has 0 radical (unpaired) electrons. The number of amides is 2. The molecule has 128 valence electrons. The normalized spacial score (nSPS) is 18.7. The fourth-order valence-electron chi connectivity index (χ4n) is 2.51. The molecule has 1 atom stereocenters. The summed E-state index contributed by atoms with van der Waals surface area (Å²) in [7, 11) is 1.57. The molecule has 0 bridgehead atoms. The molecule has 1 aliphatic heterocycles. The van der Waals surface area contributed by atoms with E-state index in [9.17, 15) is 18.0 Å². The Labute approximate surface area is 132 Å². The number of hydrogen-bond acceptors (Lipinski definition) is 3. The first kappa shape index (κ1) is 17.4. The van der Waals surface area contributed by atoms with Crippen molar-refractivity contribution in [2.45, 2.75) is 25.2 Å². The first-order chi connectivity index (χ1) is 10.9. The van der Waals surface area contributed by atoms with Crippen LogP contribution in [0.25, 0.3) is 0 Å². The molecule has 2 N–H and O–H groups in total. The summed E-state index contributed by atoms with van der Waals surface area (Å²) in [4.78, 5) is 13.1. The minimum atomic E-state index is -4.20. The highest BCUT2D eigenvalue weighted by Gasteiger charge is 2.34. The molecular weight excluding hydrogens is 311 g/mol. The number of halogens is 3. The number of ether oxygens (including phenoxy) is 1. The zero-order valence-corrected chi connectivity index (χ0v) is 12.8. The van der Waals surface area contributed by atoms with Crippen molar-refractivity contribution >= 4 is 6.03 Å². The summed E-state index contributed by atoms with van der Waals surface area (Å²) in [6.07, 6.45) is -3.68. The lowest BCUT2D eigenvalue weighted by molar-refractivity contribution is -0.143. The predicted octanol–water partition coefficient (Wildman–Crippen LogP) is 2.13. The third kappa shape index (κ3) is 5.97. The number of urea groups is 1. The molecule has 1 heterocycles. The molecule has 8 heteroatoms. The summed E-state index contributed by atoms with van der Waals surface area (Å²) in [5, 5.41) is 5.40. The van der Waals surface area contributed by atoms with Gasteiger partial charge in [-0.3, -0.25) is 4.90 Å². The quantitative estimate of drug-likeness (QED) is 0.869. The van der Waals surface area contributed by atoms with Crippen LogP contribution in [0.2, 0.25) is 0 Å². The first-order valence-electron chi connectivity index (χ1n) is 7.32. The van der Waals surface area contributed by atoms with Gasteiger partial charge in [0.15, 0.2) is 0 Å². The van der Waals surface area contributed by atoms with E-state index in [2.05, 4.69) is 10.6 Å². The molecular formula is C15H20F3N3O2. The van der Waals surface area contributed by atoms with Gasteiger partial charge < -0.3 is 15.4 Å². The molecule has 0 aliphatic carbocycles. The lowest BCUT2D eigenvalue weighted by Gasteiger charge is -2.18. The van der Waals surface area contributed by atoms with Gasteiger partial charge in [0, 0.05) is 25.7 Å². The average Bonchev–Trinajstić information content (AvgIpc) is 2.90. The van der Waals surface area contributed by atoms with Gasteiger partial charge in [-0.25, -0.2) is 4.79 Å². The highest BCUT2D eigenvalue weighted by Crippen LogP contribution is 2.19. The van der Waals surface area contributed by atoms with Crippen LogP contribution >= 0.6 is 0 Å². The van der Waals surface area contributed by atoms with Crippen molar-refractivity contribution in [1.29, 1.82) is 0 Å². The standard InChI is InChI=1S/C15H20F3N3O2/c1-23-13-4-2-11(3-5-13)8-19-14(22)20-12-6-7-21(9-12)10-15(16,17)18/h2-5,12H,6-10H2,1H3,(H2,19,20,22). The Bertz CT molecular complexity index is 520. The van der Waals surface area contributed by atoms with Gasteiger partial charge in [-0.1, -0.05) is 12.1 Å². The summed E-state index contributed by atoms with van der Waals surface area (Å²) >= 11 is 0. The fraction of sp³-hybridized carbons (Fsp3) is 0.533. The van der Waals surface area contributed by atoms with Crippen molar-refractivity contribution in [2.24, 2.45) is 0 Å². The Balaban J connectivity index is 1.70. The monoisotopic (exact) mass is 331 g/mol. The summed E-state index contributed by atoms with van der Waals surface area (Å²) in [5.41, 5.74) is 0.908.